The van der Waals surface area contributed by atoms with Gasteiger partial charge in [-0.05, 0) is 43.2 Å². The number of alkyl halides is 4. The molecule has 1 aromatic heterocycles. The van der Waals surface area contributed by atoms with E-state index < -0.39 is 23.8 Å². The molecule has 38 heavy (non-hydrogen) atoms. The van der Waals surface area contributed by atoms with Crippen LogP contribution in [-0.4, -0.2) is 52.9 Å². The lowest BCUT2D eigenvalue weighted by atomic mass is 10.1. The number of nitrogens with two attached hydrogens (primary N) is 1. The third kappa shape index (κ3) is 6.05. The summed E-state index contributed by atoms with van der Waals surface area (Å²) in [6, 6.07) is 6.22. The fourth-order valence-corrected chi connectivity index (χ4v) is 3.77. The molecule has 1 fully saturated rings. The Balaban J connectivity index is 1.59. The van der Waals surface area contributed by atoms with Crippen molar-refractivity contribution < 1.29 is 22.4 Å². The topological polar surface area (TPSA) is 120 Å². The van der Waals surface area contributed by atoms with Crippen LogP contribution in [0.15, 0.2) is 75.8 Å². The molecule has 13 heteroatoms. The van der Waals surface area contributed by atoms with Crippen molar-refractivity contribution in [2.45, 2.75) is 25.7 Å². The molecule has 1 amide bonds. The third-order valence-corrected chi connectivity index (χ3v) is 5.75. The lowest BCUT2D eigenvalue weighted by Crippen LogP contribution is -2.32. The van der Waals surface area contributed by atoms with Gasteiger partial charge >= 0.3 is 6.18 Å². The van der Waals surface area contributed by atoms with Gasteiger partial charge in [0.2, 0.25) is 5.96 Å². The summed E-state index contributed by atoms with van der Waals surface area (Å²) in [6.45, 7) is 5.99. The molecule has 0 aliphatic carbocycles. The van der Waals surface area contributed by atoms with Crippen LogP contribution in [0.2, 0.25) is 0 Å². The second-order valence-corrected chi connectivity index (χ2v) is 8.50. The number of halogens is 4. The number of guanidine groups is 1. The number of anilines is 2. The largest absolute Gasteiger partial charge is 0.416 e. The molecule has 198 valence electrons. The predicted octanol–water partition coefficient (Wildman–Crippen LogP) is 4.27. The number of carbonyl (C=O) groups is 1. The number of aromatic nitrogens is 1. The summed E-state index contributed by atoms with van der Waals surface area (Å²) in [5.74, 6) is -0.524. The number of amides is 1. The van der Waals surface area contributed by atoms with Crippen molar-refractivity contribution in [3.05, 3.63) is 77.5 Å². The zero-order valence-corrected chi connectivity index (χ0v) is 20.3. The quantitative estimate of drug-likeness (QED) is 0.501. The van der Waals surface area contributed by atoms with Gasteiger partial charge in [0.1, 0.15) is 29.2 Å². The van der Waals surface area contributed by atoms with Gasteiger partial charge in [-0.3, -0.25) is 9.79 Å². The van der Waals surface area contributed by atoms with Gasteiger partial charge in [-0.25, -0.2) is 19.4 Å². The van der Waals surface area contributed by atoms with Gasteiger partial charge in [0.05, 0.1) is 18.3 Å². The normalized spacial score (nSPS) is 19.8. The van der Waals surface area contributed by atoms with Crippen LogP contribution < -0.4 is 16.4 Å². The van der Waals surface area contributed by atoms with E-state index in [1.54, 1.807) is 17.9 Å². The van der Waals surface area contributed by atoms with Gasteiger partial charge in [0.15, 0.2) is 0 Å². The number of hydrogen-bond donors (Lipinski definition) is 3. The van der Waals surface area contributed by atoms with Crippen molar-refractivity contribution in [2.24, 2.45) is 20.7 Å². The molecular formula is C25H24F4N8O. The van der Waals surface area contributed by atoms with Gasteiger partial charge in [0.25, 0.3) is 5.91 Å². The Morgan fingerprint density at radius 3 is 2.74 bits per heavy atom. The Bertz CT molecular complexity index is 1380. The fraction of sp³-hybridized carbons (Fsp3) is 0.240. The molecule has 1 atom stereocenters. The lowest BCUT2D eigenvalue weighted by Gasteiger charge is -2.21. The van der Waals surface area contributed by atoms with E-state index in [1.807, 2.05) is 0 Å². The molecular weight excluding hydrogens is 504 g/mol. The van der Waals surface area contributed by atoms with E-state index in [9.17, 15) is 22.4 Å². The number of nitrogens with zero attached hydrogens (tertiary/aromatic N) is 5. The predicted molar refractivity (Wildman–Crippen MR) is 138 cm³/mol. The van der Waals surface area contributed by atoms with Crippen LogP contribution in [0, 0.1) is 6.92 Å². The Labute approximate surface area is 215 Å². The Morgan fingerprint density at radius 2 is 2.05 bits per heavy atom. The fourth-order valence-electron chi connectivity index (χ4n) is 3.77. The van der Waals surface area contributed by atoms with Crippen LogP contribution in [-0.2, 0) is 6.18 Å². The minimum atomic E-state index is -4.57. The molecule has 2 aliphatic heterocycles. The number of rotatable bonds is 5. The molecule has 0 radical (unpaired) electrons. The van der Waals surface area contributed by atoms with Crippen LogP contribution >= 0.6 is 0 Å². The van der Waals surface area contributed by atoms with Crippen molar-refractivity contribution in [3.8, 4) is 0 Å². The van der Waals surface area contributed by atoms with Crippen LogP contribution in [0.4, 0.5) is 29.1 Å². The van der Waals surface area contributed by atoms with Gasteiger partial charge in [-0.15, -0.1) is 0 Å². The number of carbonyl (C=O) groups excluding carboxylic acids is 1. The molecule has 0 saturated carbocycles. The van der Waals surface area contributed by atoms with Gasteiger partial charge < -0.3 is 21.3 Å². The summed E-state index contributed by atoms with van der Waals surface area (Å²) in [5, 5.41) is 5.38. The average molecular weight is 529 g/mol. The number of aryl methyl sites for hydroxylation is 1. The maximum atomic E-state index is 13.7. The molecule has 4 rings (SSSR count). The first-order valence-corrected chi connectivity index (χ1v) is 11.5. The minimum absolute atomic E-state index is 0.0884. The van der Waals surface area contributed by atoms with E-state index in [4.69, 9.17) is 5.73 Å². The number of likely N-dealkylation sites (tertiary alicyclic amines) is 1. The van der Waals surface area contributed by atoms with Crippen LogP contribution in [0.25, 0.3) is 0 Å². The number of benzene rings is 1. The molecule has 2 aliphatic rings. The summed E-state index contributed by atoms with van der Waals surface area (Å²) < 4.78 is 52.7. The summed E-state index contributed by atoms with van der Waals surface area (Å²) >= 11 is 0. The second kappa shape index (κ2) is 10.8. The Kier molecular flexibility index (Phi) is 7.55. The lowest BCUT2D eigenvalue weighted by molar-refractivity contribution is -0.137. The number of allylic oxidation sites excluding steroid dienone is 1. The monoisotopic (exact) mass is 528 g/mol. The molecule has 3 heterocycles. The summed E-state index contributed by atoms with van der Waals surface area (Å²) in [6.07, 6.45) is -1.44. The maximum absolute atomic E-state index is 13.7. The highest BCUT2D eigenvalue weighted by Crippen LogP contribution is 2.30. The number of nitrogens with one attached hydrogen (secondary N) is 2. The van der Waals surface area contributed by atoms with Crippen LogP contribution in [0.1, 0.15) is 27.9 Å². The van der Waals surface area contributed by atoms with Crippen molar-refractivity contribution in [2.75, 3.05) is 23.7 Å². The van der Waals surface area contributed by atoms with E-state index in [0.29, 0.717) is 30.3 Å². The molecule has 4 N–H and O–H groups in total. The SMILES string of the molecule is C=C/N=C1/C=NC(N2CC[C@H](F)C2)=N/C1=C(/N)Nc1cc(C(=O)Nc2cc(C(F)(F)F)ccn2)ccc1C. The number of pyridine rings is 1. The first kappa shape index (κ1) is 26.5. The van der Waals surface area contributed by atoms with Crippen LogP contribution in [0.3, 0.4) is 0 Å². The summed E-state index contributed by atoms with van der Waals surface area (Å²) in [5.41, 5.74) is 7.30. The van der Waals surface area contributed by atoms with Crippen molar-refractivity contribution in [3.63, 3.8) is 0 Å². The van der Waals surface area contributed by atoms with E-state index in [1.165, 1.54) is 24.5 Å². The molecule has 1 aromatic carbocycles. The Hall–Kier alpha value is -4.55. The van der Waals surface area contributed by atoms with E-state index in [-0.39, 0.29) is 29.4 Å². The van der Waals surface area contributed by atoms with Crippen LogP contribution in [0.5, 0.6) is 0 Å². The highest BCUT2D eigenvalue weighted by molar-refractivity contribution is 6.41. The van der Waals surface area contributed by atoms with Crippen molar-refractivity contribution in [1.82, 2.24) is 9.88 Å². The molecule has 1 saturated heterocycles. The second-order valence-electron chi connectivity index (χ2n) is 8.50. The maximum Gasteiger partial charge on any atom is 0.416 e. The standard InChI is InChI=1S/C25H24F4N8O/c1-3-31-19-12-33-24(37-9-7-17(26)13-37)36-21(19)22(30)34-18-10-15(5-4-14(18)2)23(38)35-20-11-16(6-8-32-20)25(27,28)29/h3-6,8,10-12,17,34H,1,7,9,13,30H2,2H3,(H,32,35,38)/b22-21-,31-19-/t17-/m0/s1. The molecule has 0 spiro atoms. The smallest absolute Gasteiger partial charge is 0.383 e. The van der Waals surface area contributed by atoms with E-state index >= 15 is 0 Å². The molecule has 2 aromatic rings. The molecule has 9 nitrogen and oxygen atoms in total. The minimum Gasteiger partial charge on any atom is -0.383 e. The highest BCUT2D eigenvalue weighted by Gasteiger charge is 2.31. The zero-order valence-electron chi connectivity index (χ0n) is 20.3. The highest BCUT2D eigenvalue weighted by atomic mass is 19.4. The van der Waals surface area contributed by atoms with Gasteiger partial charge in [-0.1, -0.05) is 12.6 Å². The van der Waals surface area contributed by atoms with E-state index in [2.05, 4.69) is 37.2 Å². The first-order valence-electron chi connectivity index (χ1n) is 11.5. The van der Waals surface area contributed by atoms with Gasteiger partial charge in [-0.2, -0.15) is 13.2 Å². The molecule has 0 unspecified atom stereocenters. The van der Waals surface area contributed by atoms with Gasteiger partial charge in [0, 0.05) is 30.2 Å². The number of aliphatic imine (C=N–C) groups is 3. The zero-order chi connectivity index (χ0) is 27.4. The Morgan fingerprint density at radius 1 is 1.26 bits per heavy atom. The molecule has 0 bridgehead atoms. The summed E-state index contributed by atoms with van der Waals surface area (Å²) in [4.78, 5) is 31.1. The van der Waals surface area contributed by atoms with Crippen molar-refractivity contribution >= 4 is 35.3 Å². The average Bonchev–Trinajstić information content (AvgIpc) is 3.31. The number of hydrogen-bond acceptors (Lipinski definition) is 8. The summed E-state index contributed by atoms with van der Waals surface area (Å²) in [7, 11) is 0. The van der Waals surface area contributed by atoms with Crippen molar-refractivity contribution in [1.29, 1.82) is 0 Å². The van der Waals surface area contributed by atoms with E-state index in [0.717, 1.165) is 23.9 Å². The third-order valence-electron chi connectivity index (χ3n) is 5.75. The first-order chi connectivity index (χ1) is 18.0.